The number of nitrogen functional groups attached to an aromatic ring is 1. The van der Waals surface area contributed by atoms with Crippen LogP contribution >= 0.6 is 25.3 Å². The minimum atomic E-state index is -0.505. The molecule has 0 saturated carbocycles. The Hall–Kier alpha value is -1.73. The number of rotatable bonds is 6. The fraction of sp³-hybridized carbons (Fsp3) is 0.312. The fourth-order valence-electron chi connectivity index (χ4n) is 2.46. The molecule has 0 radical (unpaired) electrons. The van der Waals surface area contributed by atoms with Crippen LogP contribution in [0.15, 0.2) is 30.6 Å². The van der Waals surface area contributed by atoms with Crippen molar-refractivity contribution in [2.75, 3.05) is 12.8 Å². The Kier molecular flexibility index (Phi) is 6.29. The topological polar surface area (TPSA) is 78.1 Å². The van der Waals surface area contributed by atoms with Gasteiger partial charge in [-0.05, 0) is 24.1 Å². The highest BCUT2D eigenvalue weighted by Gasteiger charge is 2.28. The number of hydrogen-bond donors (Lipinski definition) is 3. The molecule has 0 amide bonds. The second-order valence-corrected chi connectivity index (χ2v) is 5.65. The third-order valence-electron chi connectivity index (χ3n) is 3.60. The summed E-state index contributed by atoms with van der Waals surface area (Å²) in [7, 11) is 1.38. The SMILES string of the molecule is COC(=O)C(Cc1ccc(N)cc1)c1c(CS)ncnc1CS. The minimum absolute atomic E-state index is 0.331. The maximum Gasteiger partial charge on any atom is 0.313 e. The van der Waals surface area contributed by atoms with Gasteiger partial charge in [-0.15, -0.1) is 0 Å². The smallest absolute Gasteiger partial charge is 0.313 e. The van der Waals surface area contributed by atoms with Gasteiger partial charge in [0.05, 0.1) is 24.4 Å². The molecule has 0 bridgehead atoms. The van der Waals surface area contributed by atoms with Crippen LogP contribution in [0.3, 0.4) is 0 Å². The number of methoxy groups -OCH3 is 1. The second kappa shape index (κ2) is 8.21. The summed E-state index contributed by atoms with van der Waals surface area (Å²) in [6.45, 7) is 0. The third kappa shape index (κ3) is 4.17. The van der Waals surface area contributed by atoms with Crippen LogP contribution in [-0.2, 0) is 27.5 Å². The molecule has 2 N–H and O–H groups in total. The van der Waals surface area contributed by atoms with Crippen molar-refractivity contribution >= 4 is 36.9 Å². The highest BCUT2D eigenvalue weighted by Crippen LogP contribution is 2.29. The number of anilines is 1. The lowest BCUT2D eigenvalue weighted by Gasteiger charge is -2.20. The average Bonchev–Trinajstić information content (AvgIpc) is 2.60. The summed E-state index contributed by atoms with van der Waals surface area (Å²) < 4.78 is 4.99. The van der Waals surface area contributed by atoms with Crippen LogP contribution in [0.2, 0.25) is 0 Å². The summed E-state index contributed by atoms with van der Waals surface area (Å²) in [5.74, 6) is -0.0151. The van der Waals surface area contributed by atoms with Crippen molar-refractivity contribution in [3.63, 3.8) is 0 Å². The van der Waals surface area contributed by atoms with E-state index in [1.807, 2.05) is 24.3 Å². The molecule has 0 aliphatic rings. The lowest BCUT2D eigenvalue weighted by Crippen LogP contribution is -2.21. The minimum Gasteiger partial charge on any atom is -0.469 e. The number of aromatic nitrogens is 2. The molecule has 2 rings (SSSR count). The van der Waals surface area contributed by atoms with Crippen LogP contribution in [0.25, 0.3) is 0 Å². The zero-order valence-corrected chi connectivity index (χ0v) is 14.6. The molecule has 0 spiro atoms. The van der Waals surface area contributed by atoms with Gasteiger partial charge in [0, 0.05) is 22.8 Å². The van der Waals surface area contributed by atoms with E-state index in [2.05, 4.69) is 35.2 Å². The van der Waals surface area contributed by atoms with Crippen molar-refractivity contribution in [3.8, 4) is 0 Å². The van der Waals surface area contributed by atoms with Crippen molar-refractivity contribution < 1.29 is 9.53 Å². The standard InChI is InChI=1S/C16H19N3O2S2/c1-21-16(20)12(6-10-2-4-11(17)5-3-10)15-13(7-22)18-9-19-14(15)8-23/h2-5,9,12,22-23H,6-8,17H2,1H3. The van der Waals surface area contributed by atoms with E-state index in [-0.39, 0.29) is 5.97 Å². The predicted molar refractivity (Wildman–Crippen MR) is 96.7 cm³/mol. The van der Waals surface area contributed by atoms with Gasteiger partial charge in [0.2, 0.25) is 0 Å². The first-order valence-corrected chi connectivity index (χ1v) is 8.33. The Morgan fingerprint density at radius 2 is 1.74 bits per heavy atom. The highest BCUT2D eigenvalue weighted by molar-refractivity contribution is 7.79. The van der Waals surface area contributed by atoms with Crippen LogP contribution in [0, 0.1) is 0 Å². The number of hydrogen-bond acceptors (Lipinski definition) is 7. The van der Waals surface area contributed by atoms with E-state index in [4.69, 9.17) is 10.5 Å². The van der Waals surface area contributed by atoms with E-state index in [1.165, 1.54) is 13.4 Å². The monoisotopic (exact) mass is 349 g/mol. The van der Waals surface area contributed by atoms with E-state index < -0.39 is 5.92 Å². The molecule has 1 atom stereocenters. The Bertz CT molecular complexity index is 655. The number of esters is 1. The molecule has 5 nitrogen and oxygen atoms in total. The van der Waals surface area contributed by atoms with Crippen LogP contribution < -0.4 is 5.73 Å². The largest absolute Gasteiger partial charge is 0.469 e. The van der Waals surface area contributed by atoms with Gasteiger partial charge in [-0.3, -0.25) is 4.79 Å². The molecule has 1 aromatic heterocycles. The van der Waals surface area contributed by atoms with Crippen molar-refractivity contribution in [1.29, 1.82) is 0 Å². The highest BCUT2D eigenvalue weighted by atomic mass is 32.1. The van der Waals surface area contributed by atoms with Gasteiger partial charge >= 0.3 is 5.97 Å². The molecule has 1 aromatic carbocycles. The van der Waals surface area contributed by atoms with Gasteiger partial charge in [0.1, 0.15) is 6.33 Å². The Morgan fingerprint density at radius 3 is 2.22 bits per heavy atom. The number of nitrogens with two attached hydrogens (primary N) is 1. The lowest BCUT2D eigenvalue weighted by molar-refractivity contribution is -0.142. The van der Waals surface area contributed by atoms with Crippen molar-refractivity contribution in [3.05, 3.63) is 53.1 Å². The quantitative estimate of drug-likeness (QED) is 0.424. The Balaban J connectivity index is 2.47. The van der Waals surface area contributed by atoms with Crippen molar-refractivity contribution in [1.82, 2.24) is 9.97 Å². The van der Waals surface area contributed by atoms with E-state index in [9.17, 15) is 4.79 Å². The number of nitrogens with zero attached hydrogens (tertiary/aromatic N) is 2. The maximum atomic E-state index is 12.4. The number of carbonyl (C=O) groups excluding carboxylic acids is 1. The average molecular weight is 349 g/mol. The van der Waals surface area contributed by atoms with Crippen LogP contribution in [0.4, 0.5) is 5.69 Å². The molecule has 0 aliphatic carbocycles. The van der Waals surface area contributed by atoms with Gasteiger partial charge in [0.15, 0.2) is 0 Å². The normalized spacial score (nSPS) is 12.0. The van der Waals surface area contributed by atoms with Crippen LogP contribution in [-0.4, -0.2) is 23.0 Å². The summed E-state index contributed by atoms with van der Waals surface area (Å²) in [6.07, 6.45) is 1.94. The van der Waals surface area contributed by atoms with Crippen molar-refractivity contribution in [2.24, 2.45) is 0 Å². The molecular formula is C16H19N3O2S2. The molecular weight excluding hydrogens is 330 g/mol. The summed E-state index contributed by atoms with van der Waals surface area (Å²) in [5.41, 5.74) is 9.57. The molecule has 122 valence electrons. The zero-order valence-electron chi connectivity index (χ0n) is 12.8. The molecule has 0 aliphatic heterocycles. The summed E-state index contributed by atoms with van der Waals surface area (Å²) in [5, 5.41) is 0. The summed E-state index contributed by atoms with van der Waals surface area (Å²) in [4.78, 5) is 20.9. The van der Waals surface area contributed by atoms with E-state index in [1.54, 1.807) is 0 Å². The second-order valence-electron chi connectivity index (χ2n) is 5.02. The number of carbonyl (C=O) groups is 1. The van der Waals surface area contributed by atoms with Gasteiger partial charge < -0.3 is 10.5 Å². The van der Waals surface area contributed by atoms with Gasteiger partial charge in [0.25, 0.3) is 0 Å². The Morgan fingerprint density at radius 1 is 1.17 bits per heavy atom. The molecule has 0 fully saturated rings. The van der Waals surface area contributed by atoms with Crippen LogP contribution in [0.1, 0.15) is 28.4 Å². The Labute approximate surface area is 146 Å². The zero-order chi connectivity index (χ0) is 16.8. The predicted octanol–water partition coefficient (Wildman–Crippen LogP) is 2.42. The molecule has 0 saturated heterocycles. The van der Waals surface area contributed by atoms with Gasteiger partial charge in [-0.2, -0.15) is 25.3 Å². The summed E-state index contributed by atoms with van der Waals surface area (Å²) >= 11 is 8.63. The first-order valence-electron chi connectivity index (χ1n) is 7.07. The van der Waals surface area contributed by atoms with Gasteiger partial charge in [-0.25, -0.2) is 9.97 Å². The van der Waals surface area contributed by atoms with Gasteiger partial charge in [-0.1, -0.05) is 12.1 Å². The van der Waals surface area contributed by atoms with E-state index >= 15 is 0 Å². The number of thiol groups is 2. The lowest BCUT2D eigenvalue weighted by atomic mass is 9.90. The molecule has 1 unspecified atom stereocenters. The third-order valence-corrected chi connectivity index (χ3v) is 4.20. The van der Waals surface area contributed by atoms with Crippen LogP contribution in [0.5, 0.6) is 0 Å². The number of benzene rings is 1. The van der Waals surface area contributed by atoms with Crippen molar-refractivity contribution in [2.45, 2.75) is 23.8 Å². The molecule has 2 aromatic rings. The maximum absolute atomic E-state index is 12.4. The molecule has 23 heavy (non-hydrogen) atoms. The first-order chi connectivity index (χ1) is 11.1. The fourth-order valence-corrected chi connectivity index (χ4v) is 2.97. The van der Waals surface area contributed by atoms with E-state index in [0.717, 1.165) is 22.5 Å². The molecule has 1 heterocycles. The molecule has 7 heteroatoms. The number of ether oxygens (including phenoxy) is 1. The van der Waals surface area contributed by atoms with E-state index in [0.29, 0.717) is 23.6 Å². The first kappa shape index (κ1) is 17.6. The summed E-state index contributed by atoms with van der Waals surface area (Å²) in [6, 6.07) is 7.42.